The van der Waals surface area contributed by atoms with Crippen molar-refractivity contribution in [1.82, 2.24) is 0 Å². The normalized spacial score (nSPS) is 16.2. The largest absolute Gasteiger partial charge is 0.479 e. The summed E-state index contributed by atoms with van der Waals surface area (Å²) in [5.41, 5.74) is -3.29. The number of carboxylic acids is 2. The predicted octanol–water partition coefficient (Wildman–Crippen LogP) is -2.55. The summed E-state index contributed by atoms with van der Waals surface area (Å²) >= 11 is 0. The van der Waals surface area contributed by atoms with Crippen LogP contribution in [0.1, 0.15) is 0 Å². The summed E-state index contributed by atoms with van der Waals surface area (Å²) in [4.78, 5) is 30.0. The van der Waals surface area contributed by atoms with E-state index in [4.69, 9.17) is 20.4 Å². The van der Waals surface area contributed by atoms with Gasteiger partial charge in [0, 0.05) is 40.4 Å². The van der Waals surface area contributed by atoms with E-state index in [0.717, 1.165) is 0 Å². The molecule has 0 aromatic rings. The molecule has 0 aliphatic rings. The van der Waals surface area contributed by atoms with Gasteiger partial charge in [-0.25, -0.2) is 9.59 Å². The summed E-state index contributed by atoms with van der Waals surface area (Å²) in [7, 11) is 0. The Bertz CT molecular complexity index is 227. The number of hydrogen-bond donors (Lipinski definition) is 4. The van der Waals surface area contributed by atoms with Gasteiger partial charge >= 0.3 is 11.9 Å². The molecule has 74 valence electrons. The van der Waals surface area contributed by atoms with Gasteiger partial charge in [0.2, 0.25) is 0 Å². The molecule has 0 saturated heterocycles. The van der Waals surface area contributed by atoms with E-state index in [-0.39, 0.29) is 40.4 Å². The first-order chi connectivity index (χ1) is 5.36. The Morgan fingerprint density at radius 1 is 1.31 bits per heavy atom. The molecule has 7 nitrogen and oxygen atoms in total. The molecule has 0 aromatic carbocycles. The van der Waals surface area contributed by atoms with Crippen LogP contribution in [0.25, 0.3) is 0 Å². The number of aliphatic carboxylic acids is 2. The summed E-state index contributed by atoms with van der Waals surface area (Å²) in [6.45, 7) is 0. The van der Waals surface area contributed by atoms with Crippen molar-refractivity contribution in [3.63, 3.8) is 0 Å². The molecule has 0 heterocycles. The fraction of sp³-hybridized carbons (Fsp3) is 0.400. The van der Waals surface area contributed by atoms with E-state index in [2.05, 4.69) is 0 Å². The molecule has 0 aromatic heterocycles. The van der Waals surface area contributed by atoms with Gasteiger partial charge in [0.25, 0.3) is 5.60 Å². The van der Waals surface area contributed by atoms with Gasteiger partial charge in [-0.2, -0.15) is 0 Å². The third-order valence-corrected chi connectivity index (χ3v) is 1.17. The molecule has 8 heteroatoms. The molecule has 0 radical (unpaired) electrons. The number of carboxylic acid groups (broad SMARTS) is 2. The summed E-state index contributed by atoms with van der Waals surface area (Å²) in [5.74, 6) is -4.11. The van der Waals surface area contributed by atoms with Crippen molar-refractivity contribution in [2.75, 3.05) is 0 Å². The minimum atomic E-state index is -3.29. The Kier molecular flexibility index (Phi) is 6.57. The van der Waals surface area contributed by atoms with E-state index >= 15 is 0 Å². The van der Waals surface area contributed by atoms with Gasteiger partial charge in [0.1, 0.15) is 0 Å². The van der Waals surface area contributed by atoms with Crippen molar-refractivity contribution in [3.8, 4) is 0 Å². The Balaban J connectivity index is 0. The van der Waals surface area contributed by atoms with E-state index in [1.54, 1.807) is 0 Å². The van der Waals surface area contributed by atoms with E-state index in [9.17, 15) is 14.4 Å². The molecule has 0 aliphatic heterocycles. The van der Waals surface area contributed by atoms with Crippen molar-refractivity contribution in [2.45, 2.75) is 11.7 Å². The van der Waals surface area contributed by atoms with Crippen LogP contribution in [0, 0.1) is 40.4 Å². The topological polar surface area (TPSA) is 132 Å². The van der Waals surface area contributed by atoms with E-state index in [0.29, 0.717) is 0 Å². The van der Waals surface area contributed by atoms with Crippen LogP contribution in [0.4, 0.5) is 0 Å². The molecule has 4 N–H and O–H groups in total. The zero-order valence-corrected chi connectivity index (χ0v) is 8.70. The maximum Gasteiger partial charge on any atom is 0.346 e. The second-order valence-electron chi connectivity index (χ2n) is 1.99. The predicted molar refractivity (Wildman–Crippen MR) is 32.3 cm³/mol. The number of hydrogen-bond acceptors (Lipinski definition) is 5. The molecule has 0 bridgehead atoms. The Labute approximate surface area is 104 Å². The average molecular weight is 328 g/mol. The first-order valence-electron chi connectivity index (χ1n) is 2.69. The van der Waals surface area contributed by atoms with Gasteiger partial charge in [0.15, 0.2) is 12.4 Å². The number of aldehydes is 1. The van der Waals surface area contributed by atoms with Crippen LogP contribution in [0.15, 0.2) is 0 Å². The Hall–Kier alpha value is -0.132. The zero-order valence-electron chi connectivity index (χ0n) is 6.08. The first-order valence-corrected chi connectivity index (χ1v) is 2.69. The molecule has 2 unspecified atom stereocenters. The minimum absolute atomic E-state index is 0. The first kappa shape index (κ1) is 15.3. The van der Waals surface area contributed by atoms with Crippen molar-refractivity contribution in [2.24, 2.45) is 0 Å². The van der Waals surface area contributed by atoms with Crippen LogP contribution >= 0.6 is 0 Å². The molecule has 0 aliphatic carbocycles. The van der Waals surface area contributed by atoms with Gasteiger partial charge in [-0.05, 0) is 0 Å². The third-order valence-electron chi connectivity index (χ3n) is 1.17. The zero-order chi connectivity index (χ0) is 9.94. The maximum atomic E-state index is 10.1. The average Bonchev–Trinajstić information content (AvgIpc) is 2.01. The van der Waals surface area contributed by atoms with Gasteiger partial charge in [-0.3, -0.25) is 4.79 Å². The Morgan fingerprint density at radius 2 is 1.69 bits per heavy atom. The number of aliphatic hydroxyl groups excluding tert-OH is 1. The van der Waals surface area contributed by atoms with Crippen molar-refractivity contribution < 1.29 is 75.2 Å². The molecule has 13 heavy (non-hydrogen) atoms. The quantitative estimate of drug-likeness (QED) is 0.330. The number of carbonyl (C=O) groups excluding carboxylic acids is 1. The smallest absolute Gasteiger partial charge is 0.346 e. The molecule has 2 atom stereocenters. The van der Waals surface area contributed by atoms with Crippen LogP contribution in [0.5, 0.6) is 0 Å². The van der Waals surface area contributed by atoms with Gasteiger partial charge in [-0.1, -0.05) is 0 Å². The number of carbonyl (C=O) groups is 3. The van der Waals surface area contributed by atoms with E-state index in [1.807, 2.05) is 0 Å². The van der Waals surface area contributed by atoms with E-state index in [1.165, 1.54) is 0 Å². The van der Waals surface area contributed by atoms with Crippen molar-refractivity contribution in [1.29, 1.82) is 0 Å². The number of rotatable bonds is 4. The van der Waals surface area contributed by atoms with Crippen LogP contribution < -0.4 is 0 Å². The fourth-order valence-electron chi connectivity index (χ4n) is 0.420. The molecular weight excluding hydrogens is 322 g/mol. The summed E-state index contributed by atoms with van der Waals surface area (Å²) < 4.78 is 0. The van der Waals surface area contributed by atoms with Crippen molar-refractivity contribution >= 4 is 18.2 Å². The molecule has 0 saturated carbocycles. The molecular formula is C5H6O7Sm. The monoisotopic (exact) mass is 330 g/mol. The number of aliphatic hydroxyl groups is 2. The van der Waals surface area contributed by atoms with Crippen LogP contribution in [-0.4, -0.2) is 50.4 Å². The maximum absolute atomic E-state index is 10.1. The van der Waals surface area contributed by atoms with Crippen LogP contribution in [0.3, 0.4) is 0 Å². The van der Waals surface area contributed by atoms with Gasteiger partial charge in [0.05, 0.1) is 0 Å². The molecule has 0 fully saturated rings. The Morgan fingerprint density at radius 3 is 1.77 bits per heavy atom. The van der Waals surface area contributed by atoms with Crippen LogP contribution in [-0.2, 0) is 14.4 Å². The van der Waals surface area contributed by atoms with Gasteiger partial charge in [-0.15, -0.1) is 0 Å². The molecule has 0 rings (SSSR count). The molecule has 0 spiro atoms. The van der Waals surface area contributed by atoms with E-state index < -0.39 is 29.9 Å². The summed E-state index contributed by atoms with van der Waals surface area (Å²) in [5, 5.41) is 33.5. The van der Waals surface area contributed by atoms with Crippen LogP contribution in [0.2, 0.25) is 0 Å². The minimum Gasteiger partial charge on any atom is -0.479 e. The standard InChI is InChI=1S/C5H6O7.Sm/c6-1-5(12,4(10)11)2(7)3(8)9;/h1-2,7,12H,(H,8,9)(H,10,11);. The summed E-state index contributed by atoms with van der Waals surface area (Å²) in [6.07, 6.45) is -3.22. The SMILES string of the molecule is O=CC(O)(C(=O)O)C(O)C(=O)O.[Sm]. The third kappa shape index (κ3) is 3.25. The van der Waals surface area contributed by atoms with Gasteiger partial charge < -0.3 is 20.4 Å². The second kappa shape index (κ2) is 5.57. The fourth-order valence-corrected chi connectivity index (χ4v) is 0.420. The summed E-state index contributed by atoms with van der Waals surface area (Å²) in [6, 6.07) is 0. The molecule has 0 amide bonds. The second-order valence-corrected chi connectivity index (χ2v) is 1.99. The van der Waals surface area contributed by atoms with Crippen molar-refractivity contribution in [3.05, 3.63) is 0 Å².